The first-order chi connectivity index (χ1) is 9.02. The maximum absolute atomic E-state index is 11.9. The minimum absolute atomic E-state index is 0.0974. The standard InChI is InChI=1S/C14H16ClNO3/c1-2-12(8-3-5-9(15)6-4-8)16-13(17)10-7-11(10)14(18)19/h3-6,10-12H,2,7H2,1H3,(H,16,17)(H,18,19)/t10-,11+,12?/m1/s1. The van der Waals surface area contributed by atoms with Crippen molar-refractivity contribution >= 4 is 23.5 Å². The number of carboxylic acids is 1. The molecule has 0 saturated heterocycles. The van der Waals surface area contributed by atoms with E-state index >= 15 is 0 Å². The third-order valence-corrected chi connectivity index (χ3v) is 3.69. The minimum Gasteiger partial charge on any atom is -0.481 e. The summed E-state index contributed by atoms with van der Waals surface area (Å²) in [5.74, 6) is -1.95. The number of nitrogens with one attached hydrogen (secondary N) is 1. The normalized spacial score (nSPS) is 22.6. The van der Waals surface area contributed by atoms with E-state index in [9.17, 15) is 9.59 Å². The van der Waals surface area contributed by atoms with Gasteiger partial charge < -0.3 is 10.4 Å². The molecule has 2 N–H and O–H groups in total. The van der Waals surface area contributed by atoms with Crippen molar-refractivity contribution in [2.24, 2.45) is 11.8 Å². The number of aliphatic carboxylic acids is 1. The molecule has 2 rings (SSSR count). The van der Waals surface area contributed by atoms with Crippen LogP contribution in [0.15, 0.2) is 24.3 Å². The average molecular weight is 282 g/mol. The average Bonchev–Trinajstić information content (AvgIpc) is 3.17. The fourth-order valence-corrected chi connectivity index (χ4v) is 2.28. The van der Waals surface area contributed by atoms with Gasteiger partial charge in [0, 0.05) is 5.02 Å². The lowest BCUT2D eigenvalue weighted by atomic mass is 10.0. The van der Waals surface area contributed by atoms with Crippen LogP contribution in [-0.4, -0.2) is 17.0 Å². The molecule has 0 bridgehead atoms. The second kappa shape index (κ2) is 5.61. The van der Waals surface area contributed by atoms with E-state index in [0.717, 1.165) is 12.0 Å². The summed E-state index contributed by atoms with van der Waals surface area (Å²) in [5, 5.41) is 12.4. The summed E-state index contributed by atoms with van der Waals surface area (Å²) in [6, 6.07) is 7.21. The zero-order valence-corrected chi connectivity index (χ0v) is 11.4. The summed E-state index contributed by atoms with van der Waals surface area (Å²) in [5.41, 5.74) is 0.979. The van der Waals surface area contributed by atoms with Crippen molar-refractivity contribution in [1.29, 1.82) is 0 Å². The molecular weight excluding hydrogens is 266 g/mol. The number of hydrogen-bond donors (Lipinski definition) is 2. The number of benzene rings is 1. The quantitative estimate of drug-likeness (QED) is 0.872. The lowest BCUT2D eigenvalue weighted by Crippen LogP contribution is -2.30. The van der Waals surface area contributed by atoms with Gasteiger partial charge in [-0.2, -0.15) is 0 Å². The number of carboxylic acid groups (broad SMARTS) is 1. The van der Waals surface area contributed by atoms with Gasteiger partial charge in [-0.1, -0.05) is 30.7 Å². The molecule has 1 aliphatic rings. The molecule has 3 atom stereocenters. The van der Waals surface area contributed by atoms with Crippen LogP contribution in [-0.2, 0) is 9.59 Å². The molecule has 0 heterocycles. The lowest BCUT2D eigenvalue weighted by molar-refractivity contribution is -0.140. The highest BCUT2D eigenvalue weighted by Gasteiger charge is 2.48. The van der Waals surface area contributed by atoms with Gasteiger partial charge in [0.15, 0.2) is 0 Å². The molecule has 0 spiro atoms. The molecule has 4 nitrogen and oxygen atoms in total. The summed E-state index contributed by atoms with van der Waals surface area (Å²) < 4.78 is 0. The van der Waals surface area contributed by atoms with Gasteiger partial charge in [-0.05, 0) is 30.5 Å². The molecule has 19 heavy (non-hydrogen) atoms. The van der Waals surface area contributed by atoms with Crippen molar-refractivity contribution in [3.05, 3.63) is 34.9 Å². The zero-order chi connectivity index (χ0) is 14.0. The Morgan fingerprint density at radius 1 is 1.37 bits per heavy atom. The van der Waals surface area contributed by atoms with E-state index in [-0.39, 0.29) is 17.9 Å². The first-order valence-electron chi connectivity index (χ1n) is 6.31. The van der Waals surface area contributed by atoms with Crippen molar-refractivity contribution in [2.45, 2.75) is 25.8 Å². The monoisotopic (exact) mass is 281 g/mol. The van der Waals surface area contributed by atoms with Crippen LogP contribution in [0.3, 0.4) is 0 Å². The molecule has 1 unspecified atom stereocenters. The van der Waals surface area contributed by atoms with E-state index in [4.69, 9.17) is 16.7 Å². The van der Waals surface area contributed by atoms with E-state index in [0.29, 0.717) is 11.4 Å². The molecular formula is C14H16ClNO3. The number of carbonyl (C=O) groups is 2. The summed E-state index contributed by atoms with van der Waals surface area (Å²) in [4.78, 5) is 22.7. The second-order valence-electron chi connectivity index (χ2n) is 4.81. The Morgan fingerprint density at radius 3 is 2.47 bits per heavy atom. The molecule has 102 valence electrons. The number of halogens is 1. The SMILES string of the molecule is CCC(NC(=O)[C@@H]1C[C@@H]1C(=O)O)c1ccc(Cl)cc1. The van der Waals surface area contributed by atoms with Crippen LogP contribution in [0.5, 0.6) is 0 Å². The first kappa shape index (κ1) is 13.9. The Balaban J connectivity index is 1.98. The molecule has 0 aromatic heterocycles. The Morgan fingerprint density at radius 2 is 2.00 bits per heavy atom. The van der Waals surface area contributed by atoms with Crippen LogP contribution in [0.4, 0.5) is 0 Å². The highest BCUT2D eigenvalue weighted by atomic mass is 35.5. The third kappa shape index (κ3) is 3.26. The van der Waals surface area contributed by atoms with E-state index in [1.807, 2.05) is 19.1 Å². The summed E-state index contributed by atoms with van der Waals surface area (Å²) >= 11 is 5.83. The Hall–Kier alpha value is -1.55. The van der Waals surface area contributed by atoms with E-state index < -0.39 is 11.9 Å². The highest BCUT2D eigenvalue weighted by molar-refractivity contribution is 6.30. The van der Waals surface area contributed by atoms with Gasteiger partial charge in [0.1, 0.15) is 0 Å². The fraction of sp³-hybridized carbons (Fsp3) is 0.429. The largest absolute Gasteiger partial charge is 0.481 e. The molecule has 5 heteroatoms. The molecule has 1 aromatic rings. The Kier molecular flexibility index (Phi) is 4.10. The molecule has 1 saturated carbocycles. The van der Waals surface area contributed by atoms with Crippen LogP contribution in [0.1, 0.15) is 31.4 Å². The number of carbonyl (C=O) groups excluding carboxylic acids is 1. The predicted octanol–water partition coefficient (Wildman–Crippen LogP) is 2.63. The van der Waals surface area contributed by atoms with Crippen LogP contribution >= 0.6 is 11.6 Å². The Labute approximate surface area is 116 Å². The summed E-state index contributed by atoms with van der Waals surface area (Å²) in [6.45, 7) is 1.97. The summed E-state index contributed by atoms with van der Waals surface area (Å²) in [6.07, 6.45) is 1.19. The van der Waals surface area contributed by atoms with Gasteiger partial charge in [-0.25, -0.2) is 0 Å². The van der Waals surface area contributed by atoms with Crippen molar-refractivity contribution in [1.82, 2.24) is 5.32 Å². The van der Waals surface area contributed by atoms with Crippen LogP contribution < -0.4 is 5.32 Å². The van der Waals surface area contributed by atoms with Crippen LogP contribution in [0.2, 0.25) is 5.02 Å². The van der Waals surface area contributed by atoms with Gasteiger partial charge in [0.05, 0.1) is 17.9 Å². The van der Waals surface area contributed by atoms with Crippen molar-refractivity contribution in [3.8, 4) is 0 Å². The minimum atomic E-state index is -0.889. The van der Waals surface area contributed by atoms with Crippen LogP contribution in [0, 0.1) is 11.8 Å². The molecule has 0 aliphatic heterocycles. The number of rotatable bonds is 5. The molecule has 1 amide bonds. The Bertz CT molecular complexity index is 486. The molecule has 1 fully saturated rings. The fourth-order valence-electron chi connectivity index (χ4n) is 2.15. The van der Waals surface area contributed by atoms with Crippen LogP contribution in [0.25, 0.3) is 0 Å². The topological polar surface area (TPSA) is 66.4 Å². The van der Waals surface area contributed by atoms with E-state index in [2.05, 4.69) is 5.32 Å². The number of hydrogen-bond acceptors (Lipinski definition) is 2. The maximum Gasteiger partial charge on any atom is 0.307 e. The molecule has 1 aromatic carbocycles. The number of amides is 1. The third-order valence-electron chi connectivity index (χ3n) is 3.44. The molecule has 1 aliphatic carbocycles. The van der Waals surface area contributed by atoms with Crippen molar-refractivity contribution < 1.29 is 14.7 Å². The smallest absolute Gasteiger partial charge is 0.307 e. The second-order valence-corrected chi connectivity index (χ2v) is 5.24. The highest BCUT2D eigenvalue weighted by Crippen LogP contribution is 2.39. The maximum atomic E-state index is 11.9. The van der Waals surface area contributed by atoms with Gasteiger partial charge in [0.25, 0.3) is 0 Å². The van der Waals surface area contributed by atoms with E-state index in [1.54, 1.807) is 12.1 Å². The summed E-state index contributed by atoms with van der Waals surface area (Å²) in [7, 11) is 0. The zero-order valence-electron chi connectivity index (χ0n) is 10.6. The van der Waals surface area contributed by atoms with Gasteiger partial charge in [-0.3, -0.25) is 9.59 Å². The van der Waals surface area contributed by atoms with Crippen molar-refractivity contribution in [2.75, 3.05) is 0 Å². The lowest BCUT2D eigenvalue weighted by Gasteiger charge is -2.17. The van der Waals surface area contributed by atoms with Crippen molar-refractivity contribution in [3.63, 3.8) is 0 Å². The van der Waals surface area contributed by atoms with Gasteiger partial charge >= 0.3 is 5.97 Å². The first-order valence-corrected chi connectivity index (χ1v) is 6.69. The predicted molar refractivity (Wildman–Crippen MR) is 71.9 cm³/mol. The molecule has 0 radical (unpaired) electrons. The van der Waals surface area contributed by atoms with Gasteiger partial charge in [-0.15, -0.1) is 0 Å². The van der Waals surface area contributed by atoms with Gasteiger partial charge in [0.2, 0.25) is 5.91 Å². The van der Waals surface area contributed by atoms with E-state index in [1.165, 1.54) is 0 Å².